The molecule has 112 valence electrons. The predicted octanol–water partition coefficient (Wildman–Crippen LogP) is 2.51. The zero-order valence-corrected chi connectivity index (χ0v) is 13.1. The lowest BCUT2D eigenvalue weighted by Crippen LogP contribution is -2.15. The van der Waals surface area contributed by atoms with Crippen molar-refractivity contribution >= 4 is 11.8 Å². The number of ether oxygens (including phenoxy) is 1. The van der Waals surface area contributed by atoms with Gasteiger partial charge in [-0.15, -0.1) is 0 Å². The summed E-state index contributed by atoms with van der Waals surface area (Å²) in [5.74, 6) is 2.50. The molecule has 0 aliphatic heterocycles. The minimum absolute atomic E-state index is 0.652. The van der Waals surface area contributed by atoms with Gasteiger partial charge in [-0.05, 0) is 25.0 Å². The quantitative estimate of drug-likeness (QED) is 0.884. The Morgan fingerprint density at radius 3 is 2.71 bits per heavy atom. The second kappa shape index (κ2) is 6.92. The summed E-state index contributed by atoms with van der Waals surface area (Å²) >= 11 is 0. The average Bonchev–Trinajstić information content (AvgIpc) is 2.49. The van der Waals surface area contributed by atoms with Gasteiger partial charge < -0.3 is 15.0 Å². The molecule has 0 radical (unpaired) electrons. The molecule has 0 unspecified atom stereocenters. The summed E-state index contributed by atoms with van der Waals surface area (Å²) in [5.41, 5.74) is 2.24. The van der Waals surface area contributed by atoms with Crippen molar-refractivity contribution in [3.8, 4) is 5.75 Å². The van der Waals surface area contributed by atoms with E-state index in [-0.39, 0.29) is 0 Å². The third-order valence-corrected chi connectivity index (χ3v) is 3.24. The SMILES string of the molecule is COc1ccccc1CCNc1ncc(C)c(N(C)C)n1. The standard InChI is InChI=1S/C16H22N4O/c1-12-11-18-16(19-15(12)20(2)3)17-10-9-13-7-5-6-8-14(13)21-4/h5-8,11H,9-10H2,1-4H3,(H,17,18,19). The summed E-state index contributed by atoms with van der Waals surface area (Å²) in [4.78, 5) is 10.8. The fourth-order valence-corrected chi connectivity index (χ4v) is 2.19. The van der Waals surface area contributed by atoms with Crippen LogP contribution in [0.3, 0.4) is 0 Å². The lowest BCUT2D eigenvalue weighted by Gasteiger charge is -2.15. The van der Waals surface area contributed by atoms with Gasteiger partial charge in [0.15, 0.2) is 0 Å². The number of benzene rings is 1. The van der Waals surface area contributed by atoms with Crippen molar-refractivity contribution in [2.24, 2.45) is 0 Å². The Hall–Kier alpha value is -2.30. The number of para-hydroxylation sites is 1. The van der Waals surface area contributed by atoms with Crippen molar-refractivity contribution in [3.05, 3.63) is 41.6 Å². The zero-order chi connectivity index (χ0) is 15.2. The van der Waals surface area contributed by atoms with E-state index in [1.165, 1.54) is 5.56 Å². The molecule has 0 saturated carbocycles. The first-order chi connectivity index (χ1) is 10.1. The van der Waals surface area contributed by atoms with Gasteiger partial charge in [-0.1, -0.05) is 18.2 Å². The number of aryl methyl sites for hydroxylation is 1. The Morgan fingerprint density at radius 2 is 2.00 bits per heavy atom. The van der Waals surface area contributed by atoms with E-state index < -0.39 is 0 Å². The van der Waals surface area contributed by atoms with E-state index in [0.29, 0.717) is 5.95 Å². The van der Waals surface area contributed by atoms with Crippen molar-refractivity contribution in [3.63, 3.8) is 0 Å². The highest BCUT2D eigenvalue weighted by molar-refractivity contribution is 5.47. The molecular formula is C16H22N4O. The second-order valence-corrected chi connectivity index (χ2v) is 5.08. The fraction of sp³-hybridized carbons (Fsp3) is 0.375. The predicted molar refractivity (Wildman–Crippen MR) is 86.3 cm³/mol. The molecule has 0 aliphatic carbocycles. The number of nitrogens with one attached hydrogen (secondary N) is 1. The van der Waals surface area contributed by atoms with Gasteiger partial charge in [0.05, 0.1) is 7.11 Å². The van der Waals surface area contributed by atoms with E-state index in [9.17, 15) is 0 Å². The summed E-state index contributed by atoms with van der Waals surface area (Å²) in [5, 5.41) is 3.26. The number of anilines is 2. The number of methoxy groups -OCH3 is 1. The zero-order valence-electron chi connectivity index (χ0n) is 13.1. The van der Waals surface area contributed by atoms with Crippen LogP contribution in [0, 0.1) is 6.92 Å². The van der Waals surface area contributed by atoms with Crippen LogP contribution in [-0.4, -0.2) is 37.7 Å². The van der Waals surface area contributed by atoms with Gasteiger partial charge in [0, 0.05) is 32.4 Å². The fourth-order valence-electron chi connectivity index (χ4n) is 2.19. The molecule has 0 atom stereocenters. The molecule has 21 heavy (non-hydrogen) atoms. The van der Waals surface area contributed by atoms with Crippen LogP contribution < -0.4 is 15.0 Å². The van der Waals surface area contributed by atoms with Crippen LogP contribution >= 0.6 is 0 Å². The van der Waals surface area contributed by atoms with Gasteiger partial charge in [-0.25, -0.2) is 4.98 Å². The van der Waals surface area contributed by atoms with E-state index in [1.54, 1.807) is 7.11 Å². The first-order valence-corrected chi connectivity index (χ1v) is 6.98. The van der Waals surface area contributed by atoms with Crippen LogP contribution in [0.25, 0.3) is 0 Å². The summed E-state index contributed by atoms with van der Waals surface area (Å²) in [7, 11) is 5.65. The minimum atomic E-state index is 0.652. The van der Waals surface area contributed by atoms with E-state index in [2.05, 4.69) is 21.4 Å². The van der Waals surface area contributed by atoms with Gasteiger partial charge in [0.2, 0.25) is 5.95 Å². The molecule has 1 aromatic heterocycles. The third kappa shape index (κ3) is 3.84. The van der Waals surface area contributed by atoms with Crippen molar-refractivity contribution in [1.29, 1.82) is 0 Å². The number of nitrogens with zero attached hydrogens (tertiary/aromatic N) is 3. The number of hydrogen-bond acceptors (Lipinski definition) is 5. The maximum atomic E-state index is 5.35. The Morgan fingerprint density at radius 1 is 1.24 bits per heavy atom. The lowest BCUT2D eigenvalue weighted by atomic mass is 10.1. The highest BCUT2D eigenvalue weighted by Gasteiger charge is 2.06. The molecule has 1 N–H and O–H groups in total. The average molecular weight is 286 g/mol. The highest BCUT2D eigenvalue weighted by Crippen LogP contribution is 2.18. The van der Waals surface area contributed by atoms with E-state index >= 15 is 0 Å². The summed E-state index contributed by atoms with van der Waals surface area (Å²) in [6.45, 7) is 2.77. The van der Waals surface area contributed by atoms with Crippen LogP contribution in [0.5, 0.6) is 5.75 Å². The third-order valence-electron chi connectivity index (χ3n) is 3.24. The Balaban J connectivity index is 1.99. The minimum Gasteiger partial charge on any atom is -0.496 e. The van der Waals surface area contributed by atoms with Crippen molar-refractivity contribution < 1.29 is 4.74 Å². The topological polar surface area (TPSA) is 50.3 Å². The first-order valence-electron chi connectivity index (χ1n) is 6.98. The molecule has 0 aliphatic rings. The second-order valence-electron chi connectivity index (χ2n) is 5.08. The van der Waals surface area contributed by atoms with E-state index in [4.69, 9.17) is 4.74 Å². The molecule has 0 amide bonds. The van der Waals surface area contributed by atoms with E-state index in [0.717, 1.165) is 30.1 Å². The molecule has 1 aromatic carbocycles. The van der Waals surface area contributed by atoms with Crippen molar-refractivity contribution in [1.82, 2.24) is 9.97 Å². The molecule has 1 heterocycles. The molecule has 0 bridgehead atoms. The van der Waals surface area contributed by atoms with Crippen molar-refractivity contribution in [2.45, 2.75) is 13.3 Å². The maximum absolute atomic E-state index is 5.35. The Labute approximate surface area is 126 Å². The van der Waals surface area contributed by atoms with Gasteiger partial charge in [0.1, 0.15) is 11.6 Å². The van der Waals surface area contributed by atoms with Gasteiger partial charge >= 0.3 is 0 Å². The van der Waals surface area contributed by atoms with Crippen LogP contribution in [0.15, 0.2) is 30.5 Å². The van der Waals surface area contributed by atoms with E-state index in [1.807, 2.05) is 50.3 Å². The summed E-state index contributed by atoms with van der Waals surface area (Å²) in [6.07, 6.45) is 2.70. The van der Waals surface area contributed by atoms with Gasteiger partial charge in [-0.3, -0.25) is 0 Å². The normalized spacial score (nSPS) is 10.3. The summed E-state index contributed by atoms with van der Waals surface area (Å²) < 4.78 is 5.35. The molecule has 5 heteroatoms. The largest absolute Gasteiger partial charge is 0.496 e. The lowest BCUT2D eigenvalue weighted by molar-refractivity contribution is 0.410. The van der Waals surface area contributed by atoms with Crippen molar-refractivity contribution in [2.75, 3.05) is 38.0 Å². The number of rotatable bonds is 6. The Kier molecular flexibility index (Phi) is 4.98. The van der Waals surface area contributed by atoms with Crippen LogP contribution in [0.4, 0.5) is 11.8 Å². The van der Waals surface area contributed by atoms with Gasteiger partial charge in [-0.2, -0.15) is 4.98 Å². The molecule has 2 rings (SSSR count). The molecule has 0 fully saturated rings. The van der Waals surface area contributed by atoms with Gasteiger partial charge in [0.25, 0.3) is 0 Å². The molecule has 2 aromatic rings. The smallest absolute Gasteiger partial charge is 0.224 e. The summed E-state index contributed by atoms with van der Waals surface area (Å²) in [6, 6.07) is 8.04. The molecule has 0 spiro atoms. The maximum Gasteiger partial charge on any atom is 0.224 e. The number of hydrogen-bond donors (Lipinski definition) is 1. The number of aromatic nitrogens is 2. The van der Waals surface area contributed by atoms with Crippen LogP contribution in [0.2, 0.25) is 0 Å². The molecule has 5 nitrogen and oxygen atoms in total. The van der Waals surface area contributed by atoms with Crippen LogP contribution in [-0.2, 0) is 6.42 Å². The molecular weight excluding hydrogens is 264 g/mol. The first kappa shape index (κ1) is 15.1. The molecule has 0 saturated heterocycles. The highest BCUT2D eigenvalue weighted by atomic mass is 16.5. The monoisotopic (exact) mass is 286 g/mol. The Bertz CT molecular complexity index is 599. The van der Waals surface area contributed by atoms with Crippen LogP contribution in [0.1, 0.15) is 11.1 Å².